The Kier molecular flexibility index (Phi) is 9.63. The molecule has 0 bridgehead atoms. The minimum atomic E-state index is -4.35. The molecule has 11 heteroatoms. The van der Waals surface area contributed by atoms with Crippen LogP contribution >= 0.6 is 0 Å². The summed E-state index contributed by atoms with van der Waals surface area (Å²) in [6.45, 7) is 2.87. The number of ether oxygens (including phenoxy) is 1. The molecule has 2 aromatic carbocycles. The lowest BCUT2D eigenvalue weighted by molar-refractivity contribution is -0.137. The molecule has 0 atom stereocenters. The lowest BCUT2D eigenvalue weighted by atomic mass is 9.88. The van der Waals surface area contributed by atoms with Gasteiger partial charge >= 0.3 is 6.18 Å². The Labute approximate surface area is 254 Å². The maximum Gasteiger partial charge on any atom is 0.416 e. The molecule has 3 heterocycles. The summed E-state index contributed by atoms with van der Waals surface area (Å²) >= 11 is 0. The number of hydrogen-bond acceptors (Lipinski definition) is 6. The van der Waals surface area contributed by atoms with E-state index in [1.54, 1.807) is 48.4 Å². The SMILES string of the molecule is COc1ccc(C(=O)C2CCN(C(=O)c3ccc(C(=O)NC4CCN(Cc5ccc(C(F)(F)F)cc5)CC4)cn3)CC2)cc1. The summed E-state index contributed by atoms with van der Waals surface area (Å²) in [5.41, 5.74) is 1.39. The standard InChI is InChI=1S/C33H35F3N4O4/c1-44-28-9-4-23(5-10-28)30(41)24-12-18-40(19-13-24)32(43)29-11-6-25(20-37-29)31(42)38-27-14-16-39(17-15-27)21-22-2-7-26(8-3-22)33(34,35)36/h2-11,20,24,27H,12-19,21H2,1H3,(H,38,42). The lowest BCUT2D eigenvalue weighted by Gasteiger charge is -2.32. The van der Waals surface area contributed by atoms with Crippen molar-refractivity contribution in [3.63, 3.8) is 0 Å². The third-order valence-corrected chi connectivity index (χ3v) is 8.38. The van der Waals surface area contributed by atoms with Crippen LogP contribution in [0.15, 0.2) is 66.9 Å². The Morgan fingerprint density at radius 3 is 2.07 bits per heavy atom. The van der Waals surface area contributed by atoms with Gasteiger partial charge in [-0.1, -0.05) is 12.1 Å². The van der Waals surface area contributed by atoms with E-state index in [-0.39, 0.29) is 35.3 Å². The fraction of sp³-hybridized carbons (Fsp3) is 0.394. The molecule has 44 heavy (non-hydrogen) atoms. The summed E-state index contributed by atoms with van der Waals surface area (Å²) in [5.74, 6) is 0.111. The van der Waals surface area contributed by atoms with E-state index in [0.717, 1.165) is 17.7 Å². The number of nitrogens with one attached hydrogen (secondary N) is 1. The van der Waals surface area contributed by atoms with Crippen molar-refractivity contribution in [3.8, 4) is 5.75 Å². The van der Waals surface area contributed by atoms with Crippen LogP contribution in [0.1, 0.15) is 68.0 Å². The van der Waals surface area contributed by atoms with E-state index in [2.05, 4.69) is 15.2 Å². The highest BCUT2D eigenvalue weighted by Gasteiger charge is 2.31. The van der Waals surface area contributed by atoms with Crippen LogP contribution in [-0.2, 0) is 12.7 Å². The number of rotatable bonds is 8. The van der Waals surface area contributed by atoms with Crippen molar-refractivity contribution >= 4 is 17.6 Å². The van der Waals surface area contributed by atoms with E-state index < -0.39 is 11.7 Å². The molecule has 8 nitrogen and oxygen atoms in total. The van der Waals surface area contributed by atoms with E-state index in [4.69, 9.17) is 4.74 Å². The van der Waals surface area contributed by atoms with E-state index in [0.29, 0.717) is 75.3 Å². The quantitative estimate of drug-likeness (QED) is 0.352. The molecule has 0 saturated carbocycles. The number of carbonyl (C=O) groups excluding carboxylic acids is 3. The highest BCUT2D eigenvalue weighted by molar-refractivity contribution is 5.99. The average molecular weight is 609 g/mol. The number of carbonyl (C=O) groups is 3. The summed E-state index contributed by atoms with van der Waals surface area (Å²) in [6.07, 6.45) is -0.372. The second-order valence-corrected chi connectivity index (χ2v) is 11.3. The highest BCUT2D eigenvalue weighted by atomic mass is 19.4. The number of halogens is 3. The second kappa shape index (κ2) is 13.6. The molecule has 2 aliphatic heterocycles. The van der Waals surface area contributed by atoms with Crippen LogP contribution in [0.25, 0.3) is 0 Å². The number of nitrogens with zero attached hydrogens (tertiary/aromatic N) is 3. The fourth-order valence-corrected chi connectivity index (χ4v) is 5.71. The monoisotopic (exact) mass is 608 g/mol. The zero-order valence-electron chi connectivity index (χ0n) is 24.5. The third kappa shape index (κ3) is 7.63. The highest BCUT2D eigenvalue weighted by Crippen LogP contribution is 2.29. The van der Waals surface area contributed by atoms with Gasteiger partial charge in [-0.3, -0.25) is 24.3 Å². The molecular weight excluding hydrogens is 573 g/mol. The van der Waals surface area contributed by atoms with Crippen molar-refractivity contribution in [1.82, 2.24) is 20.1 Å². The largest absolute Gasteiger partial charge is 0.497 e. The molecular formula is C33H35F3N4O4. The predicted molar refractivity (Wildman–Crippen MR) is 157 cm³/mol. The number of likely N-dealkylation sites (tertiary alicyclic amines) is 2. The van der Waals surface area contributed by atoms with Crippen molar-refractivity contribution in [2.45, 2.75) is 44.4 Å². The van der Waals surface area contributed by atoms with Gasteiger partial charge in [0.2, 0.25) is 0 Å². The second-order valence-electron chi connectivity index (χ2n) is 11.3. The van der Waals surface area contributed by atoms with Crippen molar-refractivity contribution < 1.29 is 32.3 Å². The molecule has 2 amide bonds. The van der Waals surface area contributed by atoms with E-state index in [1.165, 1.54) is 18.3 Å². The summed E-state index contributed by atoms with van der Waals surface area (Å²) in [6, 6.07) is 15.4. The minimum Gasteiger partial charge on any atom is -0.497 e. The molecule has 1 aromatic heterocycles. The zero-order chi connectivity index (χ0) is 31.3. The summed E-state index contributed by atoms with van der Waals surface area (Å²) in [4.78, 5) is 46.9. The van der Waals surface area contributed by atoms with Gasteiger partial charge in [0.05, 0.1) is 18.2 Å². The van der Waals surface area contributed by atoms with Gasteiger partial charge in [0.1, 0.15) is 11.4 Å². The predicted octanol–water partition coefficient (Wildman–Crippen LogP) is 5.24. The van der Waals surface area contributed by atoms with Crippen LogP contribution in [0.4, 0.5) is 13.2 Å². The lowest BCUT2D eigenvalue weighted by Crippen LogP contribution is -2.44. The Morgan fingerprint density at radius 2 is 1.50 bits per heavy atom. The van der Waals surface area contributed by atoms with Crippen LogP contribution in [0.5, 0.6) is 5.75 Å². The van der Waals surface area contributed by atoms with Crippen LogP contribution in [-0.4, -0.2) is 71.7 Å². The molecule has 3 aromatic rings. The molecule has 5 rings (SSSR count). The first-order valence-corrected chi connectivity index (χ1v) is 14.7. The molecule has 232 valence electrons. The van der Waals surface area contributed by atoms with Gasteiger partial charge in [-0.05, 0) is 79.8 Å². The molecule has 2 aliphatic rings. The van der Waals surface area contributed by atoms with Gasteiger partial charge in [0, 0.05) is 56.4 Å². The normalized spacial score (nSPS) is 16.9. The van der Waals surface area contributed by atoms with E-state index in [1.807, 2.05) is 0 Å². The third-order valence-electron chi connectivity index (χ3n) is 8.38. The van der Waals surface area contributed by atoms with Crippen LogP contribution in [0, 0.1) is 5.92 Å². The first-order chi connectivity index (χ1) is 21.1. The van der Waals surface area contributed by atoms with Gasteiger partial charge < -0.3 is 15.0 Å². The molecule has 0 spiro atoms. The van der Waals surface area contributed by atoms with Gasteiger partial charge in [-0.25, -0.2) is 0 Å². The Morgan fingerprint density at radius 1 is 0.864 bits per heavy atom. The van der Waals surface area contributed by atoms with E-state index in [9.17, 15) is 27.6 Å². The van der Waals surface area contributed by atoms with Gasteiger partial charge in [-0.2, -0.15) is 13.2 Å². The number of alkyl halides is 3. The van der Waals surface area contributed by atoms with Crippen LogP contribution in [0.3, 0.4) is 0 Å². The maximum absolute atomic E-state index is 13.0. The average Bonchev–Trinajstić information content (AvgIpc) is 3.05. The maximum atomic E-state index is 13.0. The molecule has 0 aliphatic carbocycles. The molecule has 0 unspecified atom stereocenters. The van der Waals surface area contributed by atoms with Gasteiger partial charge in [0.15, 0.2) is 5.78 Å². The number of ketones is 1. The molecule has 1 N–H and O–H groups in total. The topological polar surface area (TPSA) is 91.8 Å². The molecule has 2 fully saturated rings. The first-order valence-electron chi connectivity index (χ1n) is 14.7. The molecule has 2 saturated heterocycles. The Balaban J connectivity index is 1.06. The smallest absolute Gasteiger partial charge is 0.416 e. The fourth-order valence-electron chi connectivity index (χ4n) is 5.71. The minimum absolute atomic E-state index is 0.0328. The summed E-state index contributed by atoms with van der Waals surface area (Å²) < 4.78 is 43.5. The number of hydrogen-bond donors (Lipinski definition) is 1. The van der Waals surface area contributed by atoms with Crippen molar-refractivity contribution in [2.75, 3.05) is 33.3 Å². The first kappa shape index (κ1) is 31.2. The Hall–Kier alpha value is -4.25. The number of pyridine rings is 1. The van der Waals surface area contributed by atoms with Crippen molar-refractivity contribution in [2.24, 2.45) is 5.92 Å². The number of Topliss-reactive ketones (excluding diaryl/α,β-unsaturated/α-hetero) is 1. The number of methoxy groups -OCH3 is 1. The number of amides is 2. The number of aromatic nitrogens is 1. The summed E-state index contributed by atoms with van der Waals surface area (Å²) in [7, 11) is 1.58. The number of benzene rings is 2. The van der Waals surface area contributed by atoms with Crippen molar-refractivity contribution in [3.05, 3.63) is 94.8 Å². The van der Waals surface area contributed by atoms with Gasteiger partial charge in [-0.15, -0.1) is 0 Å². The Bertz CT molecular complexity index is 1440. The van der Waals surface area contributed by atoms with Crippen LogP contribution < -0.4 is 10.1 Å². The van der Waals surface area contributed by atoms with Crippen LogP contribution in [0.2, 0.25) is 0 Å². The zero-order valence-corrected chi connectivity index (χ0v) is 24.5. The molecule has 0 radical (unpaired) electrons. The number of piperidine rings is 2. The van der Waals surface area contributed by atoms with E-state index >= 15 is 0 Å². The van der Waals surface area contributed by atoms with Crippen molar-refractivity contribution in [1.29, 1.82) is 0 Å². The van der Waals surface area contributed by atoms with Gasteiger partial charge in [0.25, 0.3) is 11.8 Å². The summed E-state index contributed by atoms with van der Waals surface area (Å²) in [5, 5.41) is 3.03.